The van der Waals surface area contributed by atoms with Crippen LogP contribution in [0, 0.1) is 47.1 Å². The molecule has 3 saturated carbocycles. The molecule has 0 atom stereocenters. The third-order valence-corrected chi connectivity index (χ3v) is 9.40. The second-order valence-electron chi connectivity index (χ2n) is 11.6. The summed E-state index contributed by atoms with van der Waals surface area (Å²) in [5, 5.41) is 0. The fraction of sp³-hybridized carbons (Fsp3) is 0.710. The third-order valence-electron chi connectivity index (χ3n) is 9.40. The number of halogens is 2. The van der Waals surface area contributed by atoms with Gasteiger partial charge in [0.2, 0.25) is 11.6 Å². The Morgan fingerprint density at radius 2 is 1.28 bits per heavy atom. The largest absolute Gasteiger partial charge is 0.462 e. The third kappa shape index (κ3) is 6.69. The van der Waals surface area contributed by atoms with Gasteiger partial charge in [-0.05, 0) is 113 Å². The Bertz CT molecular complexity index is 874. The zero-order valence-electron chi connectivity index (χ0n) is 22.2. The Hall–Kier alpha value is -1.91. The highest BCUT2D eigenvalue weighted by molar-refractivity contribution is 5.75. The van der Waals surface area contributed by atoms with E-state index < -0.39 is 17.6 Å². The predicted molar refractivity (Wildman–Crippen MR) is 139 cm³/mol. The first-order valence-corrected chi connectivity index (χ1v) is 14.5. The monoisotopic (exact) mass is 502 g/mol. The number of benzene rings is 1. The highest BCUT2D eigenvalue weighted by Crippen LogP contribution is 2.46. The van der Waals surface area contributed by atoms with Crippen LogP contribution in [-0.2, 0) is 4.79 Å². The molecule has 0 heterocycles. The molecule has 36 heavy (non-hydrogen) atoms. The summed E-state index contributed by atoms with van der Waals surface area (Å²) in [4.78, 5) is 12.7. The summed E-state index contributed by atoms with van der Waals surface area (Å²) in [7, 11) is 0. The van der Waals surface area contributed by atoms with Crippen molar-refractivity contribution in [3.8, 4) is 11.5 Å². The van der Waals surface area contributed by atoms with E-state index in [1.807, 2.05) is 0 Å². The molecule has 1 aromatic carbocycles. The molecule has 0 amide bonds. The number of carbonyl (C=O) groups excluding carboxylic acids is 1. The van der Waals surface area contributed by atoms with Crippen molar-refractivity contribution in [3.05, 3.63) is 36.1 Å². The summed E-state index contributed by atoms with van der Waals surface area (Å²) in [5.74, 6) is 0.725. The summed E-state index contributed by atoms with van der Waals surface area (Å²) in [6.45, 7) is 4.02. The number of carbonyl (C=O) groups is 1. The minimum atomic E-state index is -1.19. The molecule has 0 N–H and O–H groups in total. The molecule has 0 spiro atoms. The molecule has 0 bridgehead atoms. The average molecular weight is 503 g/mol. The minimum absolute atomic E-state index is 0.232. The van der Waals surface area contributed by atoms with Crippen molar-refractivity contribution in [2.45, 2.75) is 104 Å². The second-order valence-corrected chi connectivity index (χ2v) is 11.6. The van der Waals surface area contributed by atoms with E-state index >= 15 is 0 Å². The van der Waals surface area contributed by atoms with Gasteiger partial charge in [-0.1, -0.05) is 38.7 Å². The van der Waals surface area contributed by atoms with E-state index in [2.05, 4.69) is 6.92 Å². The lowest BCUT2D eigenvalue weighted by atomic mass is 9.65. The number of allylic oxidation sites excluding steroid dienone is 1. The topological polar surface area (TPSA) is 35.5 Å². The van der Waals surface area contributed by atoms with Crippen molar-refractivity contribution in [1.29, 1.82) is 0 Å². The molecule has 1 aromatic rings. The fourth-order valence-electron chi connectivity index (χ4n) is 7.29. The molecule has 3 aliphatic rings. The van der Waals surface area contributed by atoms with Gasteiger partial charge in [-0.3, -0.25) is 4.79 Å². The van der Waals surface area contributed by atoms with Gasteiger partial charge in [0.15, 0.2) is 11.5 Å². The van der Waals surface area contributed by atoms with Gasteiger partial charge in [-0.2, -0.15) is 8.78 Å². The van der Waals surface area contributed by atoms with Crippen LogP contribution in [0.3, 0.4) is 0 Å². The van der Waals surface area contributed by atoms with E-state index in [4.69, 9.17) is 9.47 Å². The van der Waals surface area contributed by atoms with Crippen molar-refractivity contribution in [2.75, 3.05) is 0 Å². The maximum atomic E-state index is 14.4. The molecule has 0 aromatic heterocycles. The second kappa shape index (κ2) is 13.1. The zero-order valence-corrected chi connectivity index (χ0v) is 22.2. The lowest BCUT2D eigenvalue weighted by Crippen LogP contribution is -2.32. The van der Waals surface area contributed by atoms with Crippen LogP contribution in [-0.4, -0.2) is 5.97 Å². The summed E-state index contributed by atoms with van der Waals surface area (Å²) in [5.41, 5.74) is 0. The van der Waals surface area contributed by atoms with E-state index in [-0.39, 0.29) is 17.4 Å². The van der Waals surface area contributed by atoms with Gasteiger partial charge in [0.05, 0.1) is 12.2 Å². The Balaban J connectivity index is 1.20. The first-order valence-electron chi connectivity index (χ1n) is 14.5. The molecular formula is C31H44F2O3. The normalized spacial score (nSPS) is 31.3. The Morgan fingerprint density at radius 3 is 1.81 bits per heavy atom. The van der Waals surface area contributed by atoms with Gasteiger partial charge < -0.3 is 9.47 Å². The zero-order chi connectivity index (χ0) is 25.5. The van der Waals surface area contributed by atoms with Gasteiger partial charge in [0.1, 0.15) is 0 Å². The summed E-state index contributed by atoms with van der Waals surface area (Å²) in [6.07, 6.45) is 20.4. The van der Waals surface area contributed by atoms with E-state index in [1.165, 1.54) is 82.6 Å². The highest BCUT2D eigenvalue weighted by atomic mass is 19.2. The molecule has 0 unspecified atom stereocenters. The van der Waals surface area contributed by atoms with Crippen LogP contribution in [0.5, 0.6) is 11.5 Å². The number of esters is 1. The molecule has 0 radical (unpaired) electrons. The van der Waals surface area contributed by atoms with Gasteiger partial charge in [-0.25, -0.2) is 0 Å². The van der Waals surface area contributed by atoms with Crippen molar-refractivity contribution < 1.29 is 23.0 Å². The summed E-state index contributed by atoms with van der Waals surface area (Å²) >= 11 is 0. The molecule has 5 heteroatoms. The van der Waals surface area contributed by atoms with Crippen molar-refractivity contribution >= 4 is 5.97 Å². The first kappa shape index (κ1) is 27.1. The van der Waals surface area contributed by atoms with Crippen LogP contribution in [0.15, 0.2) is 24.5 Å². The van der Waals surface area contributed by atoms with Crippen LogP contribution in [0.2, 0.25) is 0 Å². The van der Waals surface area contributed by atoms with Crippen molar-refractivity contribution in [2.24, 2.45) is 35.5 Å². The number of hydrogen-bond acceptors (Lipinski definition) is 3. The van der Waals surface area contributed by atoms with Crippen LogP contribution >= 0.6 is 0 Å². The van der Waals surface area contributed by atoms with Crippen molar-refractivity contribution in [3.63, 3.8) is 0 Å². The van der Waals surface area contributed by atoms with Crippen LogP contribution in [0.4, 0.5) is 8.78 Å². The van der Waals surface area contributed by atoms with E-state index in [0.717, 1.165) is 49.4 Å². The molecule has 4 rings (SSSR count). The standard InChI is InChI=1S/C31H44F2O3/c1-3-5-21-6-8-22(9-7-21)23-10-12-24(13-11-23)25-14-16-26(17-15-25)31(34)36-28-19-18-27(35-20-4-2)29(32)30(28)33/h4,18-26H,3,5-17H2,1-2H3. The molecule has 3 fully saturated rings. The number of hydrogen-bond donors (Lipinski definition) is 0. The SMILES string of the molecule is CC=COc1ccc(OC(=O)C2CCC(C3CCC(C4CCC(CCC)CC4)CC3)CC2)c(F)c1F. The molecule has 3 aliphatic carbocycles. The quantitative estimate of drug-likeness (QED) is 0.202. The van der Waals surface area contributed by atoms with Gasteiger partial charge in [0, 0.05) is 0 Å². The average Bonchev–Trinajstić information content (AvgIpc) is 2.92. The smallest absolute Gasteiger partial charge is 0.314 e. The van der Waals surface area contributed by atoms with Crippen LogP contribution in [0.25, 0.3) is 0 Å². The predicted octanol–water partition coefficient (Wildman–Crippen LogP) is 9.00. The summed E-state index contributed by atoms with van der Waals surface area (Å²) < 4.78 is 38.9. The number of ether oxygens (including phenoxy) is 2. The molecular weight excluding hydrogens is 458 g/mol. The van der Waals surface area contributed by atoms with Gasteiger partial charge in [-0.15, -0.1) is 0 Å². The minimum Gasteiger partial charge on any atom is -0.462 e. The van der Waals surface area contributed by atoms with Gasteiger partial charge in [0.25, 0.3) is 0 Å². The Kier molecular flexibility index (Phi) is 9.84. The lowest BCUT2D eigenvalue weighted by molar-refractivity contribution is -0.140. The lowest BCUT2D eigenvalue weighted by Gasteiger charge is -2.41. The Labute approximate surface area is 216 Å². The van der Waals surface area contributed by atoms with E-state index in [0.29, 0.717) is 5.92 Å². The molecule has 0 aliphatic heterocycles. The first-order chi connectivity index (χ1) is 17.5. The molecule has 200 valence electrons. The van der Waals surface area contributed by atoms with Crippen molar-refractivity contribution in [1.82, 2.24) is 0 Å². The van der Waals surface area contributed by atoms with E-state index in [1.54, 1.807) is 13.0 Å². The maximum Gasteiger partial charge on any atom is 0.314 e. The maximum absolute atomic E-state index is 14.4. The van der Waals surface area contributed by atoms with E-state index in [9.17, 15) is 13.6 Å². The fourth-order valence-corrected chi connectivity index (χ4v) is 7.29. The summed E-state index contributed by atoms with van der Waals surface area (Å²) in [6, 6.07) is 2.54. The molecule has 3 nitrogen and oxygen atoms in total. The number of rotatable bonds is 8. The van der Waals surface area contributed by atoms with Gasteiger partial charge >= 0.3 is 5.97 Å². The van der Waals surface area contributed by atoms with Crippen LogP contribution < -0.4 is 9.47 Å². The Morgan fingerprint density at radius 1 is 0.806 bits per heavy atom. The molecule has 0 saturated heterocycles. The van der Waals surface area contributed by atoms with Crippen LogP contribution in [0.1, 0.15) is 104 Å². The highest BCUT2D eigenvalue weighted by Gasteiger charge is 2.36.